The van der Waals surface area contributed by atoms with Gasteiger partial charge in [0.05, 0.1) is 12.7 Å². The molecular formula is C21H27F3N2O3. The van der Waals surface area contributed by atoms with Crippen LogP contribution in [-0.4, -0.2) is 61.5 Å². The van der Waals surface area contributed by atoms with Crippen LogP contribution in [0.15, 0.2) is 24.3 Å². The van der Waals surface area contributed by atoms with Crippen LogP contribution < -0.4 is 0 Å². The quantitative estimate of drug-likeness (QED) is 0.550. The highest BCUT2D eigenvalue weighted by molar-refractivity contribution is 5.94. The van der Waals surface area contributed by atoms with Gasteiger partial charge in [-0.15, -0.1) is 0 Å². The minimum absolute atomic E-state index is 0.0261. The van der Waals surface area contributed by atoms with Crippen LogP contribution in [0.4, 0.5) is 13.2 Å². The summed E-state index contributed by atoms with van der Waals surface area (Å²) in [5.74, 6) is -1.11. The highest BCUT2D eigenvalue weighted by Crippen LogP contribution is 2.37. The summed E-state index contributed by atoms with van der Waals surface area (Å²) in [6.07, 6.45) is -1.32. The van der Waals surface area contributed by atoms with E-state index in [1.54, 1.807) is 11.0 Å². The molecule has 2 saturated heterocycles. The number of alkyl halides is 3. The summed E-state index contributed by atoms with van der Waals surface area (Å²) in [7, 11) is 1.23. The van der Waals surface area contributed by atoms with Crippen LogP contribution >= 0.6 is 0 Å². The van der Waals surface area contributed by atoms with Crippen molar-refractivity contribution in [2.75, 3.05) is 39.8 Å². The second-order valence-electron chi connectivity index (χ2n) is 7.90. The van der Waals surface area contributed by atoms with Crippen LogP contribution in [-0.2, 0) is 20.5 Å². The first-order valence-corrected chi connectivity index (χ1v) is 10.0. The van der Waals surface area contributed by atoms with Gasteiger partial charge in [-0.3, -0.25) is 9.59 Å². The molecule has 2 aliphatic rings. The zero-order valence-electron chi connectivity index (χ0n) is 16.6. The number of nitrogens with zero attached hydrogens (tertiary/aromatic N) is 2. The Hall–Kier alpha value is -2.09. The van der Waals surface area contributed by atoms with Crippen molar-refractivity contribution in [2.45, 2.75) is 37.8 Å². The van der Waals surface area contributed by atoms with Gasteiger partial charge in [0, 0.05) is 25.6 Å². The van der Waals surface area contributed by atoms with E-state index in [4.69, 9.17) is 0 Å². The van der Waals surface area contributed by atoms with Gasteiger partial charge >= 0.3 is 12.1 Å². The molecule has 0 spiro atoms. The molecule has 1 amide bonds. The summed E-state index contributed by atoms with van der Waals surface area (Å²) in [5, 5.41) is 0. The Bertz CT molecular complexity index is 732. The average Bonchev–Trinajstić information content (AvgIpc) is 3.12. The van der Waals surface area contributed by atoms with Crippen LogP contribution in [0.5, 0.6) is 0 Å². The second kappa shape index (κ2) is 9.15. The van der Waals surface area contributed by atoms with E-state index in [1.165, 1.54) is 25.7 Å². The SMILES string of the molecule is COC(=O)CC(=O)N1CC(CN2CCCCC2)C(c2cccc(C(F)(F)F)c2)C1. The van der Waals surface area contributed by atoms with Gasteiger partial charge in [0.2, 0.25) is 5.91 Å². The van der Waals surface area contributed by atoms with Crippen LogP contribution in [0, 0.1) is 5.92 Å². The Labute approximate surface area is 168 Å². The van der Waals surface area contributed by atoms with Crippen molar-refractivity contribution in [2.24, 2.45) is 5.92 Å². The lowest BCUT2D eigenvalue weighted by atomic mass is 9.87. The van der Waals surface area contributed by atoms with E-state index in [1.807, 2.05) is 0 Å². The zero-order chi connectivity index (χ0) is 21.0. The minimum atomic E-state index is -4.41. The van der Waals surface area contributed by atoms with Gasteiger partial charge in [0.25, 0.3) is 0 Å². The number of hydrogen-bond donors (Lipinski definition) is 0. The molecule has 2 unspecified atom stereocenters. The monoisotopic (exact) mass is 412 g/mol. The molecule has 2 fully saturated rings. The van der Waals surface area contributed by atoms with Gasteiger partial charge in [0.1, 0.15) is 6.42 Å². The smallest absolute Gasteiger partial charge is 0.416 e. The number of halogens is 3. The maximum absolute atomic E-state index is 13.2. The topological polar surface area (TPSA) is 49.9 Å². The number of rotatable bonds is 5. The molecule has 0 radical (unpaired) electrons. The minimum Gasteiger partial charge on any atom is -0.469 e. The van der Waals surface area contributed by atoms with Crippen LogP contribution in [0.2, 0.25) is 0 Å². The number of amides is 1. The standard InChI is InChI=1S/C21H27F3N2O3/c1-29-20(28)11-19(27)26-13-16(12-25-8-3-2-4-9-25)18(14-26)15-6-5-7-17(10-15)21(22,23)24/h5-7,10,16,18H,2-4,8-9,11-14H2,1H3. The first-order chi connectivity index (χ1) is 13.8. The summed E-state index contributed by atoms with van der Waals surface area (Å²) in [6.45, 7) is 3.44. The normalized spacial score (nSPS) is 23.2. The molecule has 0 aliphatic carbocycles. The number of piperidine rings is 1. The Morgan fingerprint density at radius 1 is 1.14 bits per heavy atom. The summed E-state index contributed by atoms with van der Waals surface area (Å²) in [6, 6.07) is 5.40. The Morgan fingerprint density at radius 2 is 1.86 bits per heavy atom. The van der Waals surface area contributed by atoms with E-state index in [2.05, 4.69) is 9.64 Å². The van der Waals surface area contributed by atoms with Crippen molar-refractivity contribution in [3.05, 3.63) is 35.4 Å². The number of likely N-dealkylation sites (tertiary alicyclic amines) is 2. The fourth-order valence-corrected chi connectivity index (χ4v) is 4.36. The molecule has 0 saturated carbocycles. The average molecular weight is 412 g/mol. The fourth-order valence-electron chi connectivity index (χ4n) is 4.36. The summed E-state index contributed by atoms with van der Waals surface area (Å²) in [4.78, 5) is 27.9. The largest absolute Gasteiger partial charge is 0.469 e. The molecule has 2 aliphatic heterocycles. The highest BCUT2D eigenvalue weighted by atomic mass is 19.4. The van der Waals surface area contributed by atoms with Crippen molar-refractivity contribution in [3.63, 3.8) is 0 Å². The van der Waals surface area contributed by atoms with Crippen molar-refractivity contribution in [1.29, 1.82) is 0 Å². The van der Waals surface area contributed by atoms with Crippen molar-refractivity contribution >= 4 is 11.9 Å². The molecule has 160 valence electrons. The molecule has 2 atom stereocenters. The van der Waals surface area contributed by atoms with Crippen LogP contribution in [0.3, 0.4) is 0 Å². The van der Waals surface area contributed by atoms with Crippen molar-refractivity contribution in [1.82, 2.24) is 9.80 Å². The third-order valence-electron chi connectivity index (χ3n) is 5.90. The van der Waals surface area contributed by atoms with E-state index in [0.717, 1.165) is 38.5 Å². The lowest BCUT2D eigenvalue weighted by molar-refractivity contribution is -0.146. The number of carbonyl (C=O) groups excluding carboxylic acids is 2. The number of esters is 1. The Morgan fingerprint density at radius 3 is 2.52 bits per heavy atom. The number of ether oxygens (including phenoxy) is 1. The first kappa shape index (κ1) is 21.6. The van der Waals surface area contributed by atoms with E-state index in [9.17, 15) is 22.8 Å². The molecule has 3 rings (SSSR count). The molecule has 0 N–H and O–H groups in total. The van der Waals surface area contributed by atoms with Gasteiger partial charge in [-0.2, -0.15) is 13.2 Å². The van der Waals surface area contributed by atoms with E-state index in [0.29, 0.717) is 18.7 Å². The number of methoxy groups -OCH3 is 1. The molecule has 29 heavy (non-hydrogen) atoms. The maximum atomic E-state index is 13.2. The van der Waals surface area contributed by atoms with Crippen molar-refractivity contribution < 1.29 is 27.5 Å². The van der Waals surface area contributed by atoms with E-state index < -0.39 is 17.7 Å². The molecule has 5 nitrogen and oxygen atoms in total. The van der Waals surface area contributed by atoms with Gasteiger partial charge in [-0.25, -0.2) is 0 Å². The predicted molar refractivity (Wildman–Crippen MR) is 101 cm³/mol. The molecule has 1 aromatic carbocycles. The number of hydrogen-bond acceptors (Lipinski definition) is 4. The zero-order valence-corrected chi connectivity index (χ0v) is 16.6. The third-order valence-corrected chi connectivity index (χ3v) is 5.90. The summed E-state index contributed by atoms with van der Waals surface area (Å²) < 4.78 is 44.1. The van der Waals surface area contributed by atoms with E-state index >= 15 is 0 Å². The van der Waals surface area contributed by atoms with Gasteiger partial charge in [-0.05, 0) is 43.5 Å². The molecule has 0 aromatic heterocycles. The number of benzene rings is 1. The van der Waals surface area contributed by atoms with Crippen molar-refractivity contribution in [3.8, 4) is 0 Å². The Kier molecular flexibility index (Phi) is 6.82. The molecule has 8 heteroatoms. The second-order valence-corrected chi connectivity index (χ2v) is 7.90. The molecule has 2 heterocycles. The van der Waals surface area contributed by atoms with Crippen LogP contribution in [0.1, 0.15) is 42.7 Å². The summed E-state index contributed by atoms with van der Waals surface area (Å²) >= 11 is 0. The van der Waals surface area contributed by atoms with Crippen LogP contribution in [0.25, 0.3) is 0 Å². The highest BCUT2D eigenvalue weighted by Gasteiger charge is 2.39. The summed E-state index contributed by atoms with van der Waals surface area (Å²) in [5.41, 5.74) is -0.0822. The predicted octanol–water partition coefficient (Wildman–Crippen LogP) is 3.30. The molecule has 1 aromatic rings. The molecule has 0 bridgehead atoms. The van der Waals surface area contributed by atoms with E-state index in [-0.39, 0.29) is 24.2 Å². The lowest BCUT2D eigenvalue weighted by Gasteiger charge is -2.31. The van der Waals surface area contributed by atoms with Gasteiger partial charge in [-0.1, -0.05) is 24.6 Å². The Balaban J connectivity index is 1.80. The lowest BCUT2D eigenvalue weighted by Crippen LogP contribution is -2.37. The first-order valence-electron chi connectivity index (χ1n) is 10.0. The fraction of sp³-hybridized carbons (Fsp3) is 0.619. The molecular weight excluding hydrogens is 385 g/mol. The maximum Gasteiger partial charge on any atom is 0.416 e. The third kappa shape index (κ3) is 5.50. The van der Waals surface area contributed by atoms with Gasteiger partial charge < -0.3 is 14.5 Å². The number of carbonyl (C=O) groups is 2. The van der Waals surface area contributed by atoms with Gasteiger partial charge in [0.15, 0.2) is 0 Å².